The fraction of sp³-hybridized carbons (Fsp3) is 1.00. The van der Waals surface area contributed by atoms with E-state index in [1.807, 2.05) is 18.7 Å². The standard InChI is InChI=1S/C9H18OS/c1-8(10)7-11-9-5-3-2-4-6-9/h8-10H,2-7H2,1H3/t8-/m1/s1. The molecular formula is C9H18OS. The van der Waals surface area contributed by atoms with E-state index in [1.165, 1.54) is 32.1 Å². The van der Waals surface area contributed by atoms with E-state index >= 15 is 0 Å². The molecule has 1 aliphatic carbocycles. The summed E-state index contributed by atoms with van der Waals surface area (Å²) >= 11 is 1.96. The van der Waals surface area contributed by atoms with E-state index in [4.69, 9.17) is 5.11 Å². The van der Waals surface area contributed by atoms with E-state index in [2.05, 4.69) is 0 Å². The van der Waals surface area contributed by atoms with Gasteiger partial charge in [-0.2, -0.15) is 11.8 Å². The Hall–Kier alpha value is 0.310. The van der Waals surface area contributed by atoms with E-state index in [0.717, 1.165) is 11.0 Å². The van der Waals surface area contributed by atoms with Gasteiger partial charge in [-0.25, -0.2) is 0 Å². The maximum atomic E-state index is 9.06. The molecule has 1 rings (SSSR count). The van der Waals surface area contributed by atoms with Gasteiger partial charge in [0.05, 0.1) is 6.10 Å². The second-order valence-electron chi connectivity index (χ2n) is 3.44. The highest BCUT2D eigenvalue weighted by Crippen LogP contribution is 2.28. The quantitative estimate of drug-likeness (QED) is 0.709. The lowest BCUT2D eigenvalue weighted by molar-refractivity contribution is 0.220. The van der Waals surface area contributed by atoms with E-state index < -0.39 is 0 Å². The maximum Gasteiger partial charge on any atom is 0.0602 e. The van der Waals surface area contributed by atoms with Crippen molar-refractivity contribution in [3.63, 3.8) is 0 Å². The predicted octanol–water partition coefficient (Wildman–Crippen LogP) is 2.43. The van der Waals surface area contributed by atoms with Crippen molar-refractivity contribution in [1.29, 1.82) is 0 Å². The molecule has 1 N–H and O–H groups in total. The molecule has 11 heavy (non-hydrogen) atoms. The molecule has 0 amide bonds. The van der Waals surface area contributed by atoms with Gasteiger partial charge < -0.3 is 5.11 Å². The number of aliphatic hydroxyl groups excluding tert-OH is 1. The number of thioether (sulfide) groups is 1. The van der Waals surface area contributed by atoms with Crippen LogP contribution in [-0.2, 0) is 0 Å². The summed E-state index contributed by atoms with van der Waals surface area (Å²) in [5, 5.41) is 9.91. The van der Waals surface area contributed by atoms with Crippen LogP contribution >= 0.6 is 11.8 Å². The fourth-order valence-electron chi connectivity index (χ4n) is 1.51. The van der Waals surface area contributed by atoms with Crippen LogP contribution in [0.25, 0.3) is 0 Å². The Bertz CT molecular complexity index is 97.7. The molecule has 66 valence electrons. The zero-order valence-electron chi connectivity index (χ0n) is 7.25. The van der Waals surface area contributed by atoms with Crippen LogP contribution in [0.3, 0.4) is 0 Å². The average molecular weight is 174 g/mol. The molecule has 0 saturated heterocycles. The monoisotopic (exact) mass is 174 g/mol. The van der Waals surface area contributed by atoms with E-state index in [9.17, 15) is 0 Å². The van der Waals surface area contributed by atoms with Gasteiger partial charge in [0.2, 0.25) is 0 Å². The molecule has 1 aliphatic rings. The van der Waals surface area contributed by atoms with Crippen molar-refractivity contribution in [2.24, 2.45) is 0 Å². The van der Waals surface area contributed by atoms with Crippen molar-refractivity contribution in [2.45, 2.75) is 50.4 Å². The van der Waals surface area contributed by atoms with E-state index in [0.29, 0.717) is 0 Å². The lowest BCUT2D eigenvalue weighted by Crippen LogP contribution is -2.12. The van der Waals surface area contributed by atoms with Gasteiger partial charge in [-0.15, -0.1) is 0 Å². The fourth-order valence-corrected chi connectivity index (χ4v) is 2.72. The normalized spacial score (nSPS) is 23.5. The Kier molecular flexibility index (Phi) is 4.31. The first kappa shape index (κ1) is 9.40. The molecule has 0 spiro atoms. The third-order valence-electron chi connectivity index (χ3n) is 2.13. The van der Waals surface area contributed by atoms with Gasteiger partial charge >= 0.3 is 0 Å². The van der Waals surface area contributed by atoms with Crippen LogP contribution in [-0.4, -0.2) is 22.2 Å². The predicted molar refractivity (Wildman–Crippen MR) is 51.0 cm³/mol. The molecule has 0 aromatic rings. The Morgan fingerprint density at radius 1 is 1.36 bits per heavy atom. The number of hydrogen-bond acceptors (Lipinski definition) is 2. The maximum absolute atomic E-state index is 9.06. The van der Waals surface area contributed by atoms with Crippen molar-refractivity contribution >= 4 is 11.8 Å². The Labute approximate surface area is 73.6 Å². The van der Waals surface area contributed by atoms with Crippen molar-refractivity contribution in [3.05, 3.63) is 0 Å². The molecule has 0 aliphatic heterocycles. The summed E-state index contributed by atoms with van der Waals surface area (Å²) in [6.07, 6.45) is 6.84. The molecule has 0 aromatic carbocycles. The van der Waals surface area contributed by atoms with Crippen LogP contribution in [0.1, 0.15) is 39.0 Å². The third kappa shape index (κ3) is 4.02. The molecule has 0 aromatic heterocycles. The molecule has 0 radical (unpaired) electrons. The largest absolute Gasteiger partial charge is 0.393 e. The number of hydrogen-bond donors (Lipinski definition) is 1. The van der Waals surface area contributed by atoms with Crippen LogP contribution in [0.5, 0.6) is 0 Å². The van der Waals surface area contributed by atoms with Crippen LogP contribution in [0, 0.1) is 0 Å². The first-order valence-corrected chi connectivity index (χ1v) is 5.63. The van der Waals surface area contributed by atoms with Gasteiger partial charge in [-0.1, -0.05) is 19.3 Å². The summed E-state index contributed by atoms with van der Waals surface area (Å²) in [6.45, 7) is 1.87. The highest BCUT2D eigenvalue weighted by molar-refractivity contribution is 7.99. The minimum absolute atomic E-state index is 0.123. The van der Waals surface area contributed by atoms with Gasteiger partial charge in [0.1, 0.15) is 0 Å². The Balaban J connectivity index is 2.05. The SMILES string of the molecule is C[C@@H](O)CSC1CCCCC1. The van der Waals surface area contributed by atoms with Crippen LogP contribution in [0.2, 0.25) is 0 Å². The summed E-state index contributed by atoms with van der Waals surface area (Å²) in [5.74, 6) is 0.921. The highest BCUT2D eigenvalue weighted by Gasteiger charge is 2.13. The van der Waals surface area contributed by atoms with E-state index in [1.54, 1.807) is 0 Å². The van der Waals surface area contributed by atoms with Crippen molar-refractivity contribution in [1.82, 2.24) is 0 Å². The molecule has 0 unspecified atom stereocenters. The summed E-state index contributed by atoms with van der Waals surface area (Å²) in [4.78, 5) is 0. The minimum Gasteiger partial charge on any atom is -0.393 e. The topological polar surface area (TPSA) is 20.2 Å². The third-order valence-corrected chi connectivity index (χ3v) is 3.74. The molecule has 1 atom stereocenters. The summed E-state index contributed by atoms with van der Waals surface area (Å²) in [7, 11) is 0. The second kappa shape index (κ2) is 5.04. The van der Waals surface area contributed by atoms with Crippen molar-refractivity contribution < 1.29 is 5.11 Å². The summed E-state index contributed by atoms with van der Waals surface area (Å²) < 4.78 is 0. The number of rotatable bonds is 3. The smallest absolute Gasteiger partial charge is 0.0602 e. The van der Waals surface area contributed by atoms with Gasteiger partial charge in [0.15, 0.2) is 0 Å². The van der Waals surface area contributed by atoms with Gasteiger partial charge in [0.25, 0.3) is 0 Å². The molecule has 1 fully saturated rings. The van der Waals surface area contributed by atoms with Crippen molar-refractivity contribution in [2.75, 3.05) is 5.75 Å². The molecule has 2 heteroatoms. The molecule has 0 heterocycles. The Morgan fingerprint density at radius 3 is 2.55 bits per heavy atom. The van der Waals surface area contributed by atoms with Gasteiger partial charge in [-0.05, 0) is 19.8 Å². The van der Waals surface area contributed by atoms with Gasteiger partial charge in [0, 0.05) is 11.0 Å². The summed E-state index contributed by atoms with van der Waals surface area (Å²) in [6, 6.07) is 0. The van der Waals surface area contributed by atoms with Crippen LogP contribution < -0.4 is 0 Å². The first-order valence-electron chi connectivity index (χ1n) is 4.58. The first-order chi connectivity index (χ1) is 5.29. The zero-order chi connectivity index (χ0) is 8.10. The Morgan fingerprint density at radius 2 is 2.00 bits per heavy atom. The van der Waals surface area contributed by atoms with Crippen molar-refractivity contribution in [3.8, 4) is 0 Å². The average Bonchev–Trinajstić information content (AvgIpc) is 2.03. The van der Waals surface area contributed by atoms with Gasteiger partial charge in [-0.3, -0.25) is 0 Å². The van der Waals surface area contributed by atoms with E-state index in [-0.39, 0.29) is 6.10 Å². The summed E-state index contributed by atoms with van der Waals surface area (Å²) in [5.41, 5.74) is 0. The van der Waals surface area contributed by atoms with Crippen LogP contribution in [0.15, 0.2) is 0 Å². The van der Waals surface area contributed by atoms with Crippen LogP contribution in [0.4, 0.5) is 0 Å². The lowest BCUT2D eigenvalue weighted by atomic mass is 10.0. The molecule has 0 bridgehead atoms. The lowest BCUT2D eigenvalue weighted by Gasteiger charge is -2.21. The number of aliphatic hydroxyl groups is 1. The highest BCUT2D eigenvalue weighted by atomic mass is 32.2. The molecule has 1 saturated carbocycles. The second-order valence-corrected chi connectivity index (χ2v) is 4.78. The zero-order valence-corrected chi connectivity index (χ0v) is 8.07. The molecule has 1 nitrogen and oxygen atoms in total. The minimum atomic E-state index is -0.123. The molecular weight excluding hydrogens is 156 g/mol.